The molecule has 0 aliphatic heterocycles. The maximum absolute atomic E-state index is 12.8. The van der Waals surface area contributed by atoms with Gasteiger partial charge < -0.3 is 5.32 Å². The number of rotatable bonds is 7. The van der Waals surface area contributed by atoms with E-state index >= 15 is 0 Å². The first-order valence-corrected chi connectivity index (χ1v) is 7.28. The topological polar surface area (TPSA) is 12.0 Å². The van der Waals surface area contributed by atoms with Crippen molar-refractivity contribution in [2.75, 3.05) is 6.54 Å². The first-order valence-electron chi connectivity index (χ1n) is 7.28. The van der Waals surface area contributed by atoms with Gasteiger partial charge in [-0.15, -0.1) is 0 Å². The fourth-order valence-electron chi connectivity index (χ4n) is 2.29. The van der Waals surface area contributed by atoms with Gasteiger partial charge in [-0.2, -0.15) is 0 Å². The fraction of sp³-hybridized carbons (Fsp3) is 0.333. The molecule has 0 unspecified atom stereocenters. The van der Waals surface area contributed by atoms with E-state index in [9.17, 15) is 4.39 Å². The van der Waals surface area contributed by atoms with Crippen molar-refractivity contribution in [2.45, 2.75) is 32.2 Å². The van der Waals surface area contributed by atoms with Crippen LogP contribution in [0.5, 0.6) is 0 Å². The third kappa shape index (κ3) is 4.78. The average molecular weight is 271 g/mol. The normalized spacial score (nSPS) is 12.3. The molecule has 20 heavy (non-hydrogen) atoms. The van der Waals surface area contributed by atoms with Crippen LogP contribution in [0.25, 0.3) is 0 Å². The molecule has 106 valence electrons. The van der Waals surface area contributed by atoms with E-state index in [0.29, 0.717) is 0 Å². The number of benzene rings is 2. The first-order chi connectivity index (χ1) is 9.75. The standard InChI is InChI=1S/C18H22FN/c1-15(17-10-12-18(19)13-11-17)20-14-6-5-9-16-7-3-2-4-8-16/h2-4,7-8,10-13,15,20H,5-6,9,14H2,1H3/t15-/m1/s1. The Kier molecular flexibility index (Phi) is 5.75. The molecule has 0 amide bonds. The summed E-state index contributed by atoms with van der Waals surface area (Å²) in [6.07, 6.45) is 3.47. The van der Waals surface area contributed by atoms with Crippen molar-refractivity contribution in [2.24, 2.45) is 0 Å². The third-order valence-electron chi connectivity index (χ3n) is 3.56. The molecule has 0 saturated carbocycles. The number of hydrogen-bond donors (Lipinski definition) is 1. The minimum absolute atomic E-state index is 0.177. The summed E-state index contributed by atoms with van der Waals surface area (Å²) in [4.78, 5) is 0. The van der Waals surface area contributed by atoms with Crippen LogP contribution in [0.3, 0.4) is 0 Å². The van der Waals surface area contributed by atoms with E-state index in [0.717, 1.165) is 24.9 Å². The van der Waals surface area contributed by atoms with Gasteiger partial charge in [0.05, 0.1) is 0 Å². The largest absolute Gasteiger partial charge is 0.310 e. The summed E-state index contributed by atoms with van der Waals surface area (Å²) in [6, 6.07) is 17.6. The van der Waals surface area contributed by atoms with Crippen molar-refractivity contribution in [1.82, 2.24) is 5.32 Å². The predicted octanol–water partition coefficient (Wildman–Crippen LogP) is 4.50. The van der Waals surface area contributed by atoms with Crippen molar-refractivity contribution in [3.05, 3.63) is 71.5 Å². The minimum atomic E-state index is -0.177. The third-order valence-corrected chi connectivity index (χ3v) is 3.56. The molecular weight excluding hydrogens is 249 g/mol. The lowest BCUT2D eigenvalue weighted by Crippen LogP contribution is -2.19. The van der Waals surface area contributed by atoms with E-state index < -0.39 is 0 Å². The SMILES string of the molecule is C[C@@H](NCCCCc1ccccc1)c1ccc(F)cc1. The Balaban J connectivity index is 1.64. The summed E-state index contributed by atoms with van der Waals surface area (Å²) in [5, 5.41) is 3.48. The van der Waals surface area contributed by atoms with Gasteiger partial charge in [-0.3, -0.25) is 0 Å². The van der Waals surface area contributed by atoms with E-state index in [1.54, 1.807) is 0 Å². The van der Waals surface area contributed by atoms with E-state index in [1.807, 2.05) is 12.1 Å². The molecule has 0 fully saturated rings. The molecule has 2 aromatic carbocycles. The van der Waals surface area contributed by atoms with Crippen LogP contribution in [0.15, 0.2) is 54.6 Å². The summed E-state index contributed by atoms with van der Waals surface area (Å²) < 4.78 is 12.8. The van der Waals surface area contributed by atoms with Gasteiger partial charge in [-0.05, 0) is 56.0 Å². The van der Waals surface area contributed by atoms with Gasteiger partial charge in [-0.1, -0.05) is 42.5 Å². The highest BCUT2D eigenvalue weighted by Gasteiger charge is 2.04. The van der Waals surface area contributed by atoms with Crippen molar-refractivity contribution in [3.63, 3.8) is 0 Å². The predicted molar refractivity (Wildman–Crippen MR) is 82.2 cm³/mol. The molecule has 2 aromatic rings. The lowest BCUT2D eigenvalue weighted by atomic mass is 10.1. The molecule has 1 atom stereocenters. The van der Waals surface area contributed by atoms with Gasteiger partial charge in [-0.25, -0.2) is 4.39 Å². The maximum Gasteiger partial charge on any atom is 0.123 e. The number of aryl methyl sites for hydroxylation is 1. The second-order valence-electron chi connectivity index (χ2n) is 5.17. The Morgan fingerprint density at radius 2 is 1.65 bits per heavy atom. The Bertz CT molecular complexity index is 493. The van der Waals surface area contributed by atoms with Crippen molar-refractivity contribution in [1.29, 1.82) is 0 Å². The zero-order valence-electron chi connectivity index (χ0n) is 12.0. The van der Waals surface area contributed by atoms with Crippen LogP contribution in [0.1, 0.15) is 36.9 Å². The summed E-state index contributed by atoms with van der Waals surface area (Å²) in [5.41, 5.74) is 2.54. The van der Waals surface area contributed by atoms with Crippen LogP contribution in [-0.4, -0.2) is 6.54 Å². The molecule has 0 heterocycles. The summed E-state index contributed by atoms with van der Waals surface area (Å²) in [6.45, 7) is 3.11. The maximum atomic E-state index is 12.8. The van der Waals surface area contributed by atoms with Crippen molar-refractivity contribution in [3.8, 4) is 0 Å². The summed E-state index contributed by atoms with van der Waals surface area (Å²) >= 11 is 0. The summed E-state index contributed by atoms with van der Waals surface area (Å²) in [7, 11) is 0. The van der Waals surface area contributed by atoms with Gasteiger partial charge >= 0.3 is 0 Å². The van der Waals surface area contributed by atoms with E-state index in [4.69, 9.17) is 0 Å². The molecule has 0 aliphatic rings. The second-order valence-corrected chi connectivity index (χ2v) is 5.17. The van der Waals surface area contributed by atoms with Gasteiger partial charge in [0, 0.05) is 6.04 Å². The molecule has 1 nitrogen and oxygen atoms in total. The molecule has 0 bridgehead atoms. The molecular formula is C18H22FN. The monoisotopic (exact) mass is 271 g/mol. The van der Waals surface area contributed by atoms with Gasteiger partial charge in [0.15, 0.2) is 0 Å². The second kappa shape index (κ2) is 7.81. The van der Waals surface area contributed by atoms with Crippen LogP contribution >= 0.6 is 0 Å². The molecule has 1 N–H and O–H groups in total. The van der Waals surface area contributed by atoms with Gasteiger partial charge in [0.1, 0.15) is 5.82 Å². The van der Waals surface area contributed by atoms with Crippen LogP contribution in [0.4, 0.5) is 4.39 Å². The minimum Gasteiger partial charge on any atom is -0.310 e. The molecule has 2 rings (SSSR count). The van der Waals surface area contributed by atoms with Gasteiger partial charge in [0.2, 0.25) is 0 Å². The van der Waals surface area contributed by atoms with Crippen LogP contribution in [0.2, 0.25) is 0 Å². The van der Waals surface area contributed by atoms with Crippen LogP contribution in [-0.2, 0) is 6.42 Å². The highest BCUT2D eigenvalue weighted by atomic mass is 19.1. The van der Waals surface area contributed by atoms with Crippen molar-refractivity contribution < 1.29 is 4.39 Å². The van der Waals surface area contributed by atoms with Crippen molar-refractivity contribution >= 4 is 0 Å². The van der Waals surface area contributed by atoms with E-state index in [1.165, 1.54) is 24.1 Å². The highest BCUT2D eigenvalue weighted by Crippen LogP contribution is 2.13. The van der Waals surface area contributed by atoms with E-state index in [-0.39, 0.29) is 11.9 Å². The molecule has 0 aliphatic carbocycles. The Morgan fingerprint density at radius 3 is 2.35 bits per heavy atom. The number of nitrogens with one attached hydrogen (secondary N) is 1. The smallest absolute Gasteiger partial charge is 0.123 e. The quantitative estimate of drug-likeness (QED) is 0.731. The Morgan fingerprint density at radius 1 is 0.950 bits per heavy atom. The Labute approximate surface area is 120 Å². The van der Waals surface area contributed by atoms with Crippen LogP contribution < -0.4 is 5.32 Å². The summed E-state index contributed by atoms with van der Waals surface area (Å²) in [5.74, 6) is -0.177. The number of hydrogen-bond acceptors (Lipinski definition) is 1. The van der Waals surface area contributed by atoms with E-state index in [2.05, 4.69) is 42.6 Å². The highest BCUT2D eigenvalue weighted by molar-refractivity contribution is 5.19. The molecule has 0 radical (unpaired) electrons. The zero-order valence-corrected chi connectivity index (χ0v) is 12.0. The first kappa shape index (κ1) is 14.7. The van der Waals surface area contributed by atoms with Gasteiger partial charge in [0.25, 0.3) is 0 Å². The zero-order chi connectivity index (χ0) is 14.2. The fourth-order valence-corrected chi connectivity index (χ4v) is 2.29. The lowest BCUT2D eigenvalue weighted by molar-refractivity contribution is 0.545. The Hall–Kier alpha value is -1.67. The number of unbranched alkanes of at least 4 members (excludes halogenated alkanes) is 1. The molecule has 0 aromatic heterocycles. The number of halogens is 1. The molecule has 2 heteroatoms. The molecule has 0 saturated heterocycles. The van der Waals surface area contributed by atoms with Crippen LogP contribution in [0, 0.1) is 5.82 Å². The average Bonchev–Trinajstić information content (AvgIpc) is 2.48. The molecule has 0 spiro atoms. The lowest BCUT2D eigenvalue weighted by Gasteiger charge is -2.14.